The Morgan fingerprint density at radius 1 is 0.850 bits per heavy atom. The van der Waals surface area contributed by atoms with Gasteiger partial charge < -0.3 is 5.32 Å². The molecule has 1 aromatic rings. The zero-order valence-electron chi connectivity index (χ0n) is 12.2. The Labute approximate surface area is 121 Å². The van der Waals surface area contributed by atoms with E-state index >= 15 is 0 Å². The van der Waals surface area contributed by atoms with Crippen LogP contribution >= 0.6 is 0 Å². The van der Waals surface area contributed by atoms with E-state index in [0.717, 1.165) is 12.6 Å². The number of hydrogen-bond acceptors (Lipinski definition) is 3. The van der Waals surface area contributed by atoms with E-state index in [9.17, 15) is 0 Å². The summed E-state index contributed by atoms with van der Waals surface area (Å²) in [5, 5.41) is 3.66. The zero-order chi connectivity index (χ0) is 13.4. The SMILES string of the molecule is c1ccc2c(c1)CCC(N1CCN(C3CC3)CC1)CN2. The summed E-state index contributed by atoms with van der Waals surface area (Å²) in [7, 11) is 0. The van der Waals surface area contributed by atoms with Crippen LogP contribution in [0, 0.1) is 0 Å². The van der Waals surface area contributed by atoms with Gasteiger partial charge in [0, 0.05) is 50.5 Å². The summed E-state index contributed by atoms with van der Waals surface area (Å²) in [6.07, 6.45) is 5.41. The van der Waals surface area contributed by atoms with Crippen LogP contribution in [0.25, 0.3) is 0 Å². The lowest BCUT2D eigenvalue weighted by Gasteiger charge is -2.39. The largest absolute Gasteiger partial charge is 0.383 e. The van der Waals surface area contributed by atoms with Gasteiger partial charge in [-0.05, 0) is 37.3 Å². The molecule has 1 atom stereocenters. The average Bonchev–Trinajstić information content (AvgIpc) is 3.34. The molecule has 1 aliphatic carbocycles. The van der Waals surface area contributed by atoms with Gasteiger partial charge in [0.15, 0.2) is 0 Å². The van der Waals surface area contributed by atoms with Crippen molar-refractivity contribution >= 4 is 5.69 Å². The fourth-order valence-electron chi connectivity index (χ4n) is 3.78. The fourth-order valence-corrected chi connectivity index (χ4v) is 3.78. The predicted octanol–water partition coefficient (Wildman–Crippen LogP) is 2.19. The number of nitrogens with one attached hydrogen (secondary N) is 1. The van der Waals surface area contributed by atoms with Crippen LogP contribution in [0.2, 0.25) is 0 Å². The molecule has 108 valence electrons. The van der Waals surface area contributed by atoms with Crippen molar-refractivity contribution in [3.63, 3.8) is 0 Å². The maximum Gasteiger partial charge on any atom is 0.0373 e. The standard InChI is InChI=1S/C17H25N3/c1-2-4-17-14(3-1)5-6-16(13-18-17)20-11-9-19(10-12-20)15-7-8-15/h1-4,15-16,18H,5-13H2. The number of piperazine rings is 1. The molecule has 2 fully saturated rings. The van der Waals surface area contributed by atoms with Gasteiger partial charge >= 0.3 is 0 Å². The number of nitrogens with zero attached hydrogens (tertiary/aromatic N) is 2. The average molecular weight is 271 g/mol. The number of rotatable bonds is 2. The van der Waals surface area contributed by atoms with Gasteiger partial charge in [-0.1, -0.05) is 18.2 Å². The highest BCUT2D eigenvalue weighted by Crippen LogP contribution is 2.28. The minimum absolute atomic E-state index is 0.712. The molecule has 1 aromatic carbocycles. The van der Waals surface area contributed by atoms with Gasteiger partial charge in [0.25, 0.3) is 0 Å². The van der Waals surface area contributed by atoms with E-state index in [1.54, 1.807) is 0 Å². The van der Waals surface area contributed by atoms with Crippen molar-refractivity contribution in [1.82, 2.24) is 9.80 Å². The number of benzene rings is 1. The number of aryl methyl sites for hydroxylation is 1. The van der Waals surface area contributed by atoms with E-state index in [1.807, 2.05) is 0 Å². The number of para-hydroxylation sites is 1. The number of fused-ring (bicyclic) bond motifs is 1. The van der Waals surface area contributed by atoms with Gasteiger partial charge in [-0.3, -0.25) is 9.80 Å². The van der Waals surface area contributed by atoms with Crippen molar-refractivity contribution in [3.8, 4) is 0 Å². The molecule has 3 nitrogen and oxygen atoms in total. The fraction of sp³-hybridized carbons (Fsp3) is 0.647. The molecule has 3 heteroatoms. The summed E-state index contributed by atoms with van der Waals surface area (Å²) in [5.74, 6) is 0. The monoisotopic (exact) mass is 271 g/mol. The van der Waals surface area contributed by atoms with E-state index in [2.05, 4.69) is 39.4 Å². The van der Waals surface area contributed by atoms with E-state index in [0.29, 0.717) is 6.04 Å². The van der Waals surface area contributed by atoms with Crippen LogP contribution in [0.3, 0.4) is 0 Å². The van der Waals surface area contributed by atoms with Gasteiger partial charge in [0.05, 0.1) is 0 Å². The third-order valence-corrected chi connectivity index (χ3v) is 5.22. The summed E-state index contributed by atoms with van der Waals surface area (Å²) in [5.41, 5.74) is 2.85. The van der Waals surface area contributed by atoms with Gasteiger partial charge in [0.2, 0.25) is 0 Å². The number of anilines is 1. The maximum atomic E-state index is 3.66. The molecule has 4 rings (SSSR count). The van der Waals surface area contributed by atoms with Crippen molar-refractivity contribution in [3.05, 3.63) is 29.8 Å². The molecule has 1 unspecified atom stereocenters. The quantitative estimate of drug-likeness (QED) is 0.889. The first-order chi connectivity index (χ1) is 9.90. The first kappa shape index (κ1) is 12.7. The molecule has 20 heavy (non-hydrogen) atoms. The van der Waals surface area contributed by atoms with Crippen molar-refractivity contribution < 1.29 is 0 Å². The van der Waals surface area contributed by atoms with E-state index in [-0.39, 0.29) is 0 Å². The Kier molecular flexibility index (Phi) is 3.41. The lowest BCUT2D eigenvalue weighted by Crippen LogP contribution is -2.52. The second kappa shape index (κ2) is 5.38. The Hall–Kier alpha value is -1.06. The molecule has 1 saturated carbocycles. The summed E-state index contributed by atoms with van der Waals surface area (Å²) in [6, 6.07) is 10.5. The molecule has 0 bridgehead atoms. The third kappa shape index (κ3) is 2.57. The van der Waals surface area contributed by atoms with Crippen LogP contribution in [0.5, 0.6) is 0 Å². The molecule has 2 heterocycles. The van der Waals surface area contributed by atoms with Crippen LogP contribution in [0.1, 0.15) is 24.8 Å². The topological polar surface area (TPSA) is 18.5 Å². The highest BCUT2D eigenvalue weighted by atomic mass is 15.3. The van der Waals surface area contributed by atoms with E-state index < -0.39 is 0 Å². The van der Waals surface area contributed by atoms with Crippen LogP contribution in [0.4, 0.5) is 5.69 Å². The smallest absolute Gasteiger partial charge is 0.0373 e. The Morgan fingerprint density at radius 2 is 1.55 bits per heavy atom. The summed E-state index contributed by atoms with van der Waals surface area (Å²) in [6.45, 7) is 6.21. The minimum atomic E-state index is 0.712. The molecule has 3 aliphatic rings. The van der Waals surface area contributed by atoms with Gasteiger partial charge in [-0.15, -0.1) is 0 Å². The van der Waals surface area contributed by atoms with Gasteiger partial charge in [0.1, 0.15) is 0 Å². The third-order valence-electron chi connectivity index (χ3n) is 5.22. The van der Waals surface area contributed by atoms with Crippen molar-refractivity contribution in [1.29, 1.82) is 0 Å². The summed E-state index contributed by atoms with van der Waals surface area (Å²) >= 11 is 0. The Balaban J connectivity index is 1.36. The van der Waals surface area contributed by atoms with Crippen LogP contribution in [0.15, 0.2) is 24.3 Å². The van der Waals surface area contributed by atoms with E-state index in [1.165, 1.54) is 63.1 Å². The second-order valence-electron chi connectivity index (χ2n) is 6.53. The van der Waals surface area contributed by atoms with Crippen LogP contribution < -0.4 is 5.32 Å². The van der Waals surface area contributed by atoms with Gasteiger partial charge in [-0.2, -0.15) is 0 Å². The first-order valence-corrected chi connectivity index (χ1v) is 8.20. The first-order valence-electron chi connectivity index (χ1n) is 8.20. The molecule has 1 saturated heterocycles. The van der Waals surface area contributed by atoms with Crippen LogP contribution in [-0.4, -0.2) is 54.6 Å². The molecule has 0 amide bonds. The molecular formula is C17H25N3. The lowest BCUT2D eigenvalue weighted by molar-refractivity contribution is 0.0927. The van der Waals surface area contributed by atoms with E-state index in [4.69, 9.17) is 0 Å². The highest BCUT2D eigenvalue weighted by Gasteiger charge is 2.33. The molecule has 0 spiro atoms. The van der Waals surface area contributed by atoms with Gasteiger partial charge in [-0.25, -0.2) is 0 Å². The predicted molar refractivity (Wildman–Crippen MR) is 83.2 cm³/mol. The Morgan fingerprint density at radius 3 is 2.30 bits per heavy atom. The second-order valence-corrected chi connectivity index (χ2v) is 6.53. The molecule has 0 aromatic heterocycles. The molecule has 1 N–H and O–H groups in total. The zero-order valence-corrected chi connectivity index (χ0v) is 12.2. The van der Waals surface area contributed by atoms with Crippen LogP contribution in [-0.2, 0) is 6.42 Å². The minimum Gasteiger partial charge on any atom is -0.383 e. The van der Waals surface area contributed by atoms with Crippen molar-refractivity contribution in [2.45, 2.75) is 37.8 Å². The number of hydrogen-bond donors (Lipinski definition) is 1. The Bertz CT molecular complexity index is 434. The summed E-state index contributed by atoms with van der Waals surface area (Å²) in [4.78, 5) is 5.42. The van der Waals surface area contributed by atoms with Crippen molar-refractivity contribution in [2.24, 2.45) is 0 Å². The molecule has 0 radical (unpaired) electrons. The lowest BCUT2D eigenvalue weighted by atomic mass is 10.0. The van der Waals surface area contributed by atoms with Crippen molar-refractivity contribution in [2.75, 3.05) is 38.0 Å². The molecular weight excluding hydrogens is 246 g/mol. The normalized spacial score (nSPS) is 28.5. The highest BCUT2D eigenvalue weighted by molar-refractivity contribution is 5.52. The molecule has 2 aliphatic heterocycles. The summed E-state index contributed by atoms with van der Waals surface area (Å²) < 4.78 is 0. The maximum absolute atomic E-state index is 3.66.